The van der Waals surface area contributed by atoms with Gasteiger partial charge in [0.15, 0.2) is 0 Å². The minimum Gasteiger partial charge on any atom is -0.437 e. The van der Waals surface area contributed by atoms with Crippen LogP contribution in [0.4, 0.5) is 11.9 Å². The monoisotopic (exact) mass is 651 g/mol. The summed E-state index contributed by atoms with van der Waals surface area (Å²) in [6, 6.07) is 40.8. The normalized spacial score (nSPS) is 16.6. The number of aromatic nitrogens is 4. The van der Waals surface area contributed by atoms with Crippen molar-refractivity contribution in [1.29, 1.82) is 0 Å². The Balaban J connectivity index is 1.21. The first-order chi connectivity index (χ1) is 24.1. The van der Waals surface area contributed by atoms with Gasteiger partial charge in [-0.05, 0) is 85.3 Å². The van der Waals surface area contributed by atoms with Gasteiger partial charge >= 0.3 is 0 Å². The molecule has 0 radical (unpaired) electrons. The average Bonchev–Trinajstić information content (AvgIpc) is 3.79. The SMILES string of the molecule is CC1(C)c2ccccc2-c2ccc(-c3nc(N4c5nc6cc(-c7ccccc7)ccc6n5C(C)(C)C4(C)C)nc4oc5ccccc5c34)cc21. The van der Waals surface area contributed by atoms with Gasteiger partial charge in [0.1, 0.15) is 5.58 Å². The number of hydrogen-bond acceptors (Lipinski definition) is 5. The second-order valence-electron chi connectivity index (χ2n) is 15.4. The van der Waals surface area contributed by atoms with Gasteiger partial charge < -0.3 is 8.98 Å². The molecule has 1 aliphatic carbocycles. The highest BCUT2D eigenvalue weighted by molar-refractivity contribution is 6.10. The predicted molar refractivity (Wildman–Crippen MR) is 203 cm³/mol. The summed E-state index contributed by atoms with van der Waals surface area (Å²) >= 11 is 0. The van der Waals surface area contributed by atoms with E-state index in [1.54, 1.807) is 0 Å². The molecular weight excluding hydrogens is 615 g/mol. The molecule has 0 atom stereocenters. The smallest absolute Gasteiger partial charge is 0.236 e. The maximum Gasteiger partial charge on any atom is 0.236 e. The van der Waals surface area contributed by atoms with Gasteiger partial charge in [0.2, 0.25) is 17.6 Å². The van der Waals surface area contributed by atoms with Gasteiger partial charge in [0.05, 0.1) is 33.2 Å². The second kappa shape index (κ2) is 9.69. The van der Waals surface area contributed by atoms with E-state index < -0.39 is 5.54 Å². The van der Waals surface area contributed by atoms with E-state index in [1.807, 2.05) is 18.2 Å². The first kappa shape index (κ1) is 29.2. The number of anilines is 2. The Morgan fingerprint density at radius 2 is 1.30 bits per heavy atom. The largest absolute Gasteiger partial charge is 0.437 e. The predicted octanol–water partition coefficient (Wildman–Crippen LogP) is 11.0. The zero-order chi connectivity index (χ0) is 34.2. The van der Waals surface area contributed by atoms with Crippen LogP contribution in [0.5, 0.6) is 0 Å². The lowest BCUT2D eigenvalue weighted by molar-refractivity contribution is 0.251. The van der Waals surface area contributed by atoms with E-state index >= 15 is 0 Å². The molecule has 8 aromatic rings. The van der Waals surface area contributed by atoms with Crippen LogP contribution in [0.15, 0.2) is 120 Å². The highest BCUT2D eigenvalue weighted by Crippen LogP contribution is 2.53. The molecule has 2 aliphatic rings. The van der Waals surface area contributed by atoms with Crippen LogP contribution in [0.3, 0.4) is 0 Å². The Kier molecular flexibility index (Phi) is 5.66. The highest BCUT2D eigenvalue weighted by atomic mass is 16.3. The summed E-state index contributed by atoms with van der Waals surface area (Å²) in [5, 5.41) is 1.93. The summed E-state index contributed by atoms with van der Waals surface area (Å²) in [6.45, 7) is 13.7. The maximum atomic E-state index is 6.53. The molecule has 0 spiro atoms. The summed E-state index contributed by atoms with van der Waals surface area (Å²) in [7, 11) is 0. The van der Waals surface area contributed by atoms with Gasteiger partial charge in [-0.3, -0.25) is 4.90 Å². The van der Waals surface area contributed by atoms with E-state index in [4.69, 9.17) is 19.4 Å². The summed E-state index contributed by atoms with van der Waals surface area (Å²) < 4.78 is 8.89. The van der Waals surface area contributed by atoms with E-state index in [-0.39, 0.29) is 11.0 Å². The lowest BCUT2D eigenvalue weighted by atomic mass is 9.82. The molecule has 0 saturated heterocycles. The topological polar surface area (TPSA) is 60.0 Å². The average molecular weight is 652 g/mol. The summed E-state index contributed by atoms with van der Waals surface area (Å²) in [6.07, 6.45) is 0. The number of rotatable bonds is 3. The Labute approximate surface area is 291 Å². The van der Waals surface area contributed by atoms with Crippen molar-refractivity contribution in [2.75, 3.05) is 4.90 Å². The number of nitrogens with zero attached hydrogens (tertiary/aromatic N) is 5. The molecule has 50 heavy (non-hydrogen) atoms. The fourth-order valence-electron chi connectivity index (χ4n) is 8.49. The molecule has 6 nitrogen and oxygen atoms in total. The van der Waals surface area contributed by atoms with Gasteiger partial charge in [-0.1, -0.05) is 105 Å². The molecule has 0 saturated carbocycles. The highest BCUT2D eigenvalue weighted by Gasteiger charge is 2.54. The molecule has 0 amide bonds. The van der Waals surface area contributed by atoms with E-state index in [2.05, 4.69) is 148 Å². The van der Waals surface area contributed by atoms with Gasteiger partial charge in [0.25, 0.3) is 0 Å². The molecule has 4 heterocycles. The Bertz CT molecular complexity index is 2700. The van der Waals surface area contributed by atoms with E-state index in [1.165, 1.54) is 27.8 Å². The molecule has 0 N–H and O–H groups in total. The molecule has 5 aromatic carbocycles. The molecule has 0 unspecified atom stereocenters. The molecule has 0 fully saturated rings. The van der Waals surface area contributed by atoms with Crippen LogP contribution >= 0.6 is 0 Å². The van der Waals surface area contributed by atoms with Gasteiger partial charge in [0, 0.05) is 16.4 Å². The number of imidazole rings is 1. The summed E-state index contributed by atoms with van der Waals surface area (Å²) in [5.41, 5.74) is 11.9. The lowest BCUT2D eigenvalue weighted by Gasteiger charge is -2.40. The zero-order valence-electron chi connectivity index (χ0n) is 29.1. The fourth-order valence-corrected chi connectivity index (χ4v) is 8.49. The number of para-hydroxylation sites is 1. The minimum absolute atomic E-state index is 0.139. The number of benzene rings is 5. The number of fused-ring (bicyclic) bond motifs is 9. The van der Waals surface area contributed by atoms with Crippen LogP contribution in [0.25, 0.3) is 66.6 Å². The van der Waals surface area contributed by atoms with Crippen LogP contribution in [0.2, 0.25) is 0 Å². The zero-order valence-corrected chi connectivity index (χ0v) is 29.1. The van der Waals surface area contributed by atoms with Crippen molar-refractivity contribution in [3.63, 3.8) is 0 Å². The first-order valence-electron chi connectivity index (χ1n) is 17.4. The molecular formula is C44H37N5O. The summed E-state index contributed by atoms with van der Waals surface area (Å²) in [4.78, 5) is 18.2. The molecule has 3 aromatic heterocycles. The minimum atomic E-state index is -0.430. The van der Waals surface area contributed by atoms with Crippen molar-refractivity contribution in [3.8, 4) is 33.5 Å². The van der Waals surface area contributed by atoms with Crippen molar-refractivity contribution in [3.05, 3.63) is 126 Å². The Morgan fingerprint density at radius 3 is 2.14 bits per heavy atom. The van der Waals surface area contributed by atoms with E-state index in [0.29, 0.717) is 11.7 Å². The standard InChI is InChI=1S/C44H37N5O/c1-42(2)32-18-12-10-16-29(32)30-22-20-28(24-33(30)42)38-37-31-17-11-13-19-36(31)50-39(37)47-40(46-38)49-41-45-34-25-27(26-14-8-7-9-15-26)21-23-35(34)48(41)43(3,4)44(49,5)6/h7-25H,1-6H3. The van der Waals surface area contributed by atoms with Crippen molar-refractivity contribution in [2.24, 2.45) is 0 Å². The fraction of sp³-hybridized carbons (Fsp3) is 0.205. The molecule has 6 heteroatoms. The van der Waals surface area contributed by atoms with Crippen LogP contribution in [-0.2, 0) is 11.0 Å². The van der Waals surface area contributed by atoms with Crippen molar-refractivity contribution < 1.29 is 4.42 Å². The third-order valence-electron chi connectivity index (χ3n) is 11.8. The second-order valence-corrected chi connectivity index (χ2v) is 15.4. The van der Waals surface area contributed by atoms with Crippen LogP contribution < -0.4 is 4.90 Å². The molecule has 244 valence electrons. The third kappa shape index (κ3) is 3.71. The van der Waals surface area contributed by atoms with Crippen LogP contribution in [0.1, 0.15) is 52.7 Å². The Morgan fingerprint density at radius 1 is 0.580 bits per heavy atom. The number of furan rings is 1. The van der Waals surface area contributed by atoms with E-state index in [9.17, 15) is 0 Å². The van der Waals surface area contributed by atoms with Crippen LogP contribution in [-0.4, -0.2) is 25.1 Å². The maximum absolute atomic E-state index is 6.53. The van der Waals surface area contributed by atoms with Crippen molar-refractivity contribution in [1.82, 2.24) is 19.5 Å². The van der Waals surface area contributed by atoms with Gasteiger partial charge in [-0.25, -0.2) is 9.97 Å². The summed E-state index contributed by atoms with van der Waals surface area (Å²) in [5.74, 6) is 1.40. The van der Waals surface area contributed by atoms with Gasteiger partial charge in [-0.2, -0.15) is 4.98 Å². The first-order valence-corrected chi connectivity index (χ1v) is 17.4. The van der Waals surface area contributed by atoms with E-state index in [0.717, 1.165) is 50.2 Å². The van der Waals surface area contributed by atoms with Crippen molar-refractivity contribution >= 4 is 45.0 Å². The molecule has 0 bridgehead atoms. The number of hydrogen-bond donors (Lipinski definition) is 0. The quantitative estimate of drug-likeness (QED) is 0.190. The third-order valence-corrected chi connectivity index (χ3v) is 11.8. The van der Waals surface area contributed by atoms with Crippen molar-refractivity contribution in [2.45, 2.75) is 58.0 Å². The Hall–Kier alpha value is -5.75. The van der Waals surface area contributed by atoms with Crippen LogP contribution in [0, 0.1) is 0 Å². The van der Waals surface area contributed by atoms with Gasteiger partial charge in [-0.15, -0.1) is 0 Å². The molecule has 1 aliphatic heterocycles. The molecule has 10 rings (SSSR count). The lowest BCUT2D eigenvalue weighted by Crippen LogP contribution is -2.51.